The number of phenols is 1. The van der Waals surface area contributed by atoms with Crippen molar-refractivity contribution >= 4 is 11.7 Å². The Morgan fingerprint density at radius 3 is 2.02 bits per heavy atom. The van der Waals surface area contributed by atoms with Crippen LogP contribution in [0.4, 0.5) is 5.69 Å². The van der Waals surface area contributed by atoms with Gasteiger partial charge < -0.3 is 24.4 Å². The predicted molar refractivity (Wildman–Crippen MR) is 152 cm³/mol. The number of benzene rings is 3. The van der Waals surface area contributed by atoms with Gasteiger partial charge in [0, 0.05) is 6.61 Å². The number of hydrogen-bond donors (Lipinski definition) is 2. The summed E-state index contributed by atoms with van der Waals surface area (Å²) in [5.41, 5.74) is 1.98. The molecule has 0 fully saturated rings. The summed E-state index contributed by atoms with van der Waals surface area (Å²) >= 11 is 0. The fourth-order valence-corrected chi connectivity index (χ4v) is 4.18. The van der Waals surface area contributed by atoms with Crippen LogP contribution in [-0.2, 0) is 4.74 Å². The van der Waals surface area contributed by atoms with E-state index >= 15 is 0 Å². The first-order valence-corrected chi connectivity index (χ1v) is 13.6. The van der Waals surface area contributed by atoms with E-state index in [1.807, 2.05) is 24.3 Å². The van der Waals surface area contributed by atoms with Crippen molar-refractivity contribution < 1.29 is 34.1 Å². The molecule has 0 saturated carbocycles. The van der Waals surface area contributed by atoms with Gasteiger partial charge in [-0.15, -0.1) is 0 Å². The van der Waals surface area contributed by atoms with Crippen LogP contribution in [0.3, 0.4) is 0 Å². The smallest absolute Gasteiger partial charge is 0.335 e. The summed E-state index contributed by atoms with van der Waals surface area (Å²) in [7, 11) is 0. The van der Waals surface area contributed by atoms with Gasteiger partial charge >= 0.3 is 11.7 Å². The van der Waals surface area contributed by atoms with Gasteiger partial charge in [-0.2, -0.15) is 0 Å². The van der Waals surface area contributed by atoms with E-state index in [4.69, 9.17) is 19.3 Å². The first-order valence-electron chi connectivity index (χ1n) is 13.6. The van der Waals surface area contributed by atoms with E-state index < -0.39 is 10.9 Å². The van der Waals surface area contributed by atoms with E-state index in [9.17, 15) is 20.0 Å². The highest BCUT2D eigenvalue weighted by Gasteiger charge is 2.18. The van der Waals surface area contributed by atoms with E-state index in [-0.39, 0.29) is 28.9 Å². The highest BCUT2D eigenvalue weighted by molar-refractivity contribution is 5.88. The molecule has 3 aromatic carbocycles. The molecular weight excluding hydrogens is 514 g/mol. The number of unbranched alkanes of at least 4 members (excludes halogenated alkanes) is 6. The first kappa shape index (κ1) is 30.4. The fraction of sp³-hybridized carbons (Fsp3) is 0.387. The van der Waals surface area contributed by atoms with Crippen LogP contribution in [-0.4, -0.2) is 47.0 Å². The molecule has 40 heavy (non-hydrogen) atoms. The third kappa shape index (κ3) is 10.2. The molecule has 9 heteroatoms. The van der Waals surface area contributed by atoms with Gasteiger partial charge in [-0.05, 0) is 67.3 Å². The number of carboxylic acid groups (broad SMARTS) is 1. The molecule has 0 radical (unpaired) electrons. The zero-order valence-electron chi connectivity index (χ0n) is 22.8. The molecule has 0 aliphatic rings. The molecule has 0 amide bonds. The number of ether oxygens (including phenoxy) is 3. The summed E-state index contributed by atoms with van der Waals surface area (Å²) in [5.74, 6) is -0.167. The summed E-state index contributed by atoms with van der Waals surface area (Å²) in [6, 6.07) is 18.5. The second-order valence-corrected chi connectivity index (χ2v) is 9.64. The number of nitro groups is 1. The summed E-state index contributed by atoms with van der Waals surface area (Å²) in [6.45, 7) is 3.42. The monoisotopic (exact) mass is 551 g/mol. The van der Waals surface area contributed by atoms with Gasteiger partial charge in [0.05, 0.1) is 29.8 Å². The second kappa shape index (κ2) is 16.1. The average molecular weight is 552 g/mol. The van der Waals surface area contributed by atoms with E-state index in [1.54, 1.807) is 31.2 Å². The minimum atomic E-state index is -0.931. The molecule has 2 N–H and O–H groups in total. The van der Waals surface area contributed by atoms with Crippen molar-refractivity contribution in [3.8, 4) is 28.4 Å². The van der Waals surface area contributed by atoms with Crippen molar-refractivity contribution in [2.24, 2.45) is 0 Å². The lowest BCUT2D eigenvalue weighted by atomic mass is 10.0. The lowest BCUT2D eigenvalue weighted by Crippen LogP contribution is -2.20. The third-order valence-electron chi connectivity index (χ3n) is 6.34. The maximum absolute atomic E-state index is 11.1. The van der Waals surface area contributed by atoms with E-state index in [0.29, 0.717) is 19.8 Å². The number of aromatic carboxylic acids is 1. The zero-order chi connectivity index (χ0) is 28.7. The van der Waals surface area contributed by atoms with Gasteiger partial charge in [-0.1, -0.05) is 56.4 Å². The van der Waals surface area contributed by atoms with Crippen LogP contribution in [0.25, 0.3) is 11.1 Å². The quantitative estimate of drug-likeness (QED) is 0.0960. The number of aromatic hydroxyl groups is 1. The number of rotatable bonds is 18. The molecule has 9 nitrogen and oxygen atoms in total. The molecule has 1 atom stereocenters. The van der Waals surface area contributed by atoms with Gasteiger partial charge in [0.25, 0.3) is 0 Å². The maximum atomic E-state index is 11.1. The molecule has 3 aromatic rings. The molecule has 0 aromatic heterocycles. The van der Waals surface area contributed by atoms with Crippen molar-refractivity contribution in [1.82, 2.24) is 0 Å². The van der Waals surface area contributed by atoms with Crippen molar-refractivity contribution in [2.75, 3.05) is 19.8 Å². The van der Waals surface area contributed by atoms with E-state index in [0.717, 1.165) is 61.5 Å². The van der Waals surface area contributed by atoms with Gasteiger partial charge in [0.2, 0.25) is 0 Å². The standard InChI is InChI=1S/C31H37NO8/c1-23(40-30-18-15-27(33)21-29(30)32(36)37)22-38-19-7-5-3-2-4-6-8-20-39-28-16-13-25(14-17-28)24-9-11-26(12-10-24)31(34)35/h9-18,21,23,33H,2-8,19-20,22H2,1H3,(H,34,35)/t23-/m0/s1. The zero-order valence-corrected chi connectivity index (χ0v) is 22.8. The number of carboxylic acids is 1. The van der Waals surface area contributed by atoms with Crippen LogP contribution in [0, 0.1) is 10.1 Å². The van der Waals surface area contributed by atoms with Crippen molar-refractivity contribution in [3.05, 3.63) is 82.4 Å². The van der Waals surface area contributed by atoms with Gasteiger partial charge in [0.1, 0.15) is 17.6 Å². The maximum Gasteiger partial charge on any atom is 0.335 e. The van der Waals surface area contributed by atoms with Crippen molar-refractivity contribution in [1.29, 1.82) is 0 Å². The van der Waals surface area contributed by atoms with Crippen LogP contribution < -0.4 is 9.47 Å². The highest BCUT2D eigenvalue weighted by Crippen LogP contribution is 2.31. The molecule has 0 bridgehead atoms. The number of hydrogen-bond acceptors (Lipinski definition) is 7. The Hall–Kier alpha value is -4.11. The van der Waals surface area contributed by atoms with E-state index in [1.165, 1.54) is 18.6 Å². The number of carbonyl (C=O) groups is 1. The van der Waals surface area contributed by atoms with Crippen LogP contribution in [0.2, 0.25) is 0 Å². The predicted octanol–water partition coefficient (Wildman–Crippen LogP) is 7.26. The van der Waals surface area contributed by atoms with Crippen LogP contribution in [0.5, 0.6) is 17.2 Å². The summed E-state index contributed by atoms with van der Waals surface area (Å²) in [5, 5.41) is 29.6. The molecule has 0 saturated heterocycles. The number of nitro benzene ring substituents is 1. The Balaban J connectivity index is 1.18. The Labute approximate surface area is 234 Å². The summed E-state index contributed by atoms with van der Waals surface area (Å²) in [6.07, 6.45) is 7.27. The molecule has 0 aliphatic carbocycles. The van der Waals surface area contributed by atoms with Crippen molar-refractivity contribution in [3.63, 3.8) is 0 Å². The second-order valence-electron chi connectivity index (χ2n) is 9.64. The largest absolute Gasteiger partial charge is 0.508 e. The fourth-order valence-electron chi connectivity index (χ4n) is 4.18. The highest BCUT2D eigenvalue weighted by atomic mass is 16.6. The normalized spacial score (nSPS) is 11.6. The summed E-state index contributed by atoms with van der Waals surface area (Å²) in [4.78, 5) is 21.5. The Morgan fingerprint density at radius 1 is 0.850 bits per heavy atom. The molecule has 0 spiro atoms. The number of nitrogens with zero attached hydrogens (tertiary/aromatic N) is 1. The van der Waals surface area contributed by atoms with Crippen LogP contribution in [0.1, 0.15) is 62.2 Å². The molecule has 0 unspecified atom stereocenters. The summed E-state index contributed by atoms with van der Waals surface area (Å²) < 4.78 is 17.1. The number of phenolic OH excluding ortho intramolecular Hbond substituents is 1. The lowest BCUT2D eigenvalue weighted by molar-refractivity contribution is -0.386. The van der Waals surface area contributed by atoms with Crippen molar-refractivity contribution in [2.45, 2.75) is 58.0 Å². The van der Waals surface area contributed by atoms with Gasteiger partial charge in [-0.3, -0.25) is 10.1 Å². The Kier molecular flexibility index (Phi) is 12.2. The lowest BCUT2D eigenvalue weighted by Gasteiger charge is -2.15. The SMILES string of the molecule is C[C@@H](COCCCCCCCCCOc1ccc(-c2ccc(C(=O)O)cc2)cc1)Oc1ccc(O)cc1[N+](=O)[O-]. The Bertz CT molecular complexity index is 1210. The van der Waals surface area contributed by atoms with Gasteiger partial charge in [0.15, 0.2) is 5.75 Å². The molecule has 0 heterocycles. The molecule has 214 valence electrons. The minimum Gasteiger partial charge on any atom is -0.508 e. The Morgan fingerprint density at radius 2 is 1.43 bits per heavy atom. The third-order valence-corrected chi connectivity index (χ3v) is 6.34. The minimum absolute atomic E-state index is 0.115. The molecule has 0 aliphatic heterocycles. The van der Waals surface area contributed by atoms with Crippen LogP contribution >= 0.6 is 0 Å². The van der Waals surface area contributed by atoms with E-state index in [2.05, 4.69) is 0 Å². The van der Waals surface area contributed by atoms with Gasteiger partial charge in [-0.25, -0.2) is 4.79 Å². The molecular formula is C31H37NO8. The molecule has 3 rings (SSSR count). The average Bonchev–Trinajstić information content (AvgIpc) is 2.95. The van der Waals surface area contributed by atoms with Crippen LogP contribution in [0.15, 0.2) is 66.7 Å². The topological polar surface area (TPSA) is 128 Å². The first-order chi connectivity index (χ1) is 19.3.